The molecule has 0 saturated carbocycles. The second-order valence-corrected chi connectivity index (χ2v) is 7.07. The van der Waals surface area contributed by atoms with Crippen molar-refractivity contribution in [3.63, 3.8) is 0 Å². The quantitative estimate of drug-likeness (QED) is 0.731. The highest BCUT2D eigenvalue weighted by Crippen LogP contribution is 2.20. The maximum Gasteiger partial charge on any atom is 0.229 e. The lowest BCUT2D eigenvalue weighted by Crippen LogP contribution is -2.41. The van der Waals surface area contributed by atoms with Gasteiger partial charge in [0.1, 0.15) is 0 Å². The molecule has 2 aromatic heterocycles. The Morgan fingerprint density at radius 2 is 2.00 bits per heavy atom. The zero-order valence-corrected chi connectivity index (χ0v) is 15.4. The van der Waals surface area contributed by atoms with Gasteiger partial charge in [0, 0.05) is 17.6 Å². The highest BCUT2D eigenvalue weighted by atomic mass is 16.2. The van der Waals surface area contributed by atoms with Crippen LogP contribution in [0, 0.1) is 0 Å². The SMILES string of the molecule is O=C(Cc1[nH]nc2ccccc12)N(Cc1ccccn1)C1CCCNCC1. The molecule has 6 nitrogen and oxygen atoms in total. The molecule has 1 aliphatic rings. The van der Waals surface area contributed by atoms with Crippen molar-refractivity contribution in [1.82, 2.24) is 25.4 Å². The number of nitrogens with zero attached hydrogens (tertiary/aromatic N) is 3. The second-order valence-electron chi connectivity index (χ2n) is 7.07. The number of aromatic nitrogens is 3. The largest absolute Gasteiger partial charge is 0.333 e. The number of rotatable bonds is 5. The summed E-state index contributed by atoms with van der Waals surface area (Å²) in [4.78, 5) is 19.8. The van der Waals surface area contributed by atoms with Crippen LogP contribution in [0.5, 0.6) is 0 Å². The molecular weight excluding hydrogens is 338 g/mol. The van der Waals surface area contributed by atoms with Crippen LogP contribution in [0.15, 0.2) is 48.7 Å². The topological polar surface area (TPSA) is 73.9 Å². The lowest BCUT2D eigenvalue weighted by molar-refractivity contribution is -0.133. The molecule has 1 amide bonds. The van der Waals surface area contributed by atoms with E-state index in [0.717, 1.165) is 54.6 Å². The van der Waals surface area contributed by atoms with Crippen molar-refractivity contribution < 1.29 is 4.79 Å². The van der Waals surface area contributed by atoms with Crippen molar-refractivity contribution >= 4 is 16.8 Å². The van der Waals surface area contributed by atoms with Gasteiger partial charge >= 0.3 is 0 Å². The number of benzene rings is 1. The zero-order chi connectivity index (χ0) is 18.5. The molecule has 0 bridgehead atoms. The number of amides is 1. The van der Waals surface area contributed by atoms with Crippen molar-refractivity contribution in [1.29, 1.82) is 0 Å². The first kappa shape index (κ1) is 17.7. The first-order chi connectivity index (χ1) is 13.3. The first-order valence-electron chi connectivity index (χ1n) is 9.63. The number of carbonyl (C=O) groups excluding carboxylic acids is 1. The van der Waals surface area contributed by atoms with Crippen LogP contribution in [0.25, 0.3) is 10.9 Å². The number of hydrogen-bond acceptors (Lipinski definition) is 4. The molecule has 4 rings (SSSR count). The van der Waals surface area contributed by atoms with E-state index in [0.29, 0.717) is 13.0 Å². The summed E-state index contributed by atoms with van der Waals surface area (Å²) in [6.45, 7) is 2.52. The van der Waals surface area contributed by atoms with Crippen molar-refractivity contribution in [2.24, 2.45) is 0 Å². The average Bonchev–Trinajstić information content (AvgIpc) is 2.92. The smallest absolute Gasteiger partial charge is 0.229 e. The van der Waals surface area contributed by atoms with Crippen LogP contribution in [-0.2, 0) is 17.8 Å². The Balaban J connectivity index is 1.57. The van der Waals surface area contributed by atoms with Crippen molar-refractivity contribution in [2.45, 2.75) is 38.3 Å². The molecule has 1 fully saturated rings. The Bertz CT molecular complexity index is 884. The highest BCUT2D eigenvalue weighted by Gasteiger charge is 2.26. The van der Waals surface area contributed by atoms with Crippen LogP contribution in [-0.4, -0.2) is 45.1 Å². The third-order valence-corrected chi connectivity index (χ3v) is 5.23. The van der Waals surface area contributed by atoms with Gasteiger partial charge in [0.15, 0.2) is 0 Å². The summed E-state index contributed by atoms with van der Waals surface area (Å²) in [6, 6.07) is 14.0. The van der Waals surface area contributed by atoms with Crippen LogP contribution in [0.4, 0.5) is 0 Å². The van der Waals surface area contributed by atoms with Gasteiger partial charge in [-0.3, -0.25) is 14.9 Å². The van der Waals surface area contributed by atoms with E-state index in [2.05, 4.69) is 20.5 Å². The number of hydrogen-bond donors (Lipinski definition) is 2. The Morgan fingerprint density at radius 1 is 1.11 bits per heavy atom. The highest BCUT2D eigenvalue weighted by molar-refractivity contribution is 5.87. The van der Waals surface area contributed by atoms with E-state index in [-0.39, 0.29) is 11.9 Å². The van der Waals surface area contributed by atoms with E-state index in [1.54, 1.807) is 6.20 Å². The average molecular weight is 363 g/mol. The lowest BCUT2D eigenvalue weighted by atomic mass is 10.1. The Labute approximate surface area is 159 Å². The molecular formula is C21H25N5O. The van der Waals surface area contributed by atoms with E-state index < -0.39 is 0 Å². The van der Waals surface area contributed by atoms with Crippen molar-refractivity contribution in [3.05, 3.63) is 60.0 Å². The summed E-state index contributed by atoms with van der Waals surface area (Å²) in [6.07, 6.45) is 5.20. The van der Waals surface area contributed by atoms with E-state index >= 15 is 0 Å². The fourth-order valence-corrected chi connectivity index (χ4v) is 3.80. The fourth-order valence-electron chi connectivity index (χ4n) is 3.80. The van der Waals surface area contributed by atoms with Gasteiger partial charge in [0.25, 0.3) is 0 Å². The molecule has 1 unspecified atom stereocenters. The predicted molar refractivity (Wildman–Crippen MR) is 105 cm³/mol. The minimum absolute atomic E-state index is 0.127. The van der Waals surface area contributed by atoms with E-state index in [1.165, 1.54) is 0 Å². The minimum atomic E-state index is 0.127. The molecule has 140 valence electrons. The molecule has 3 aromatic rings. The standard InChI is InChI=1S/C21H25N5O/c27-21(14-20-18-8-1-2-9-19(18)24-25-20)26(15-16-6-3-4-12-23-16)17-7-5-11-22-13-10-17/h1-4,6,8-9,12,17,22H,5,7,10-11,13-15H2,(H,24,25). The zero-order valence-electron chi connectivity index (χ0n) is 15.4. The molecule has 6 heteroatoms. The Hall–Kier alpha value is -2.73. The van der Waals surface area contributed by atoms with Gasteiger partial charge < -0.3 is 10.2 Å². The number of para-hydroxylation sites is 1. The van der Waals surface area contributed by atoms with Crippen LogP contribution >= 0.6 is 0 Å². The minimum Gasteiger partial charge on any atom is -0.333 e. The molecule has 1 aromatic carbocycles. The Kier molecular flexibility index (Phi) is 5.44. The normalized spacial score (nSPS) is 17.6. The van der Waals surface area contributed by atoms with Crippen molar-refractivity contribution in [2.75, 3.05) is 13.1 Å². The number of nitrogens with one attached hydrogen (secondary N) is 2. The van der Waals surface area contributed by atoms with Gasteiger partial charge in [0.05, 0.1) is 29.9 Å². The van der Waals surface area contributed by atoms with Gasteiger partial charge in [-0.2, -0.15) is 5.10 Å². The summed E-state index contributed by atoms with van der Waals surface area (Å²) in [5, 5.41) is 11.8. The van der Waals surface area contributed by atoms with Crippen LogP contribution in [0.1, 0.15) is 30.7 Å². The molecule has 1 atom stereocenters. The third kappa shape index (κ3) is 4.17. The van der Waals surface area contributed by atoms with E-state index in [4.69, 9.17) is 0 Å². The molecule has 3 heterocycles. The number of aromatic amines is 1. The van der Waals surface area contributed by atoms with Gasteiger partial charge in [-0.1, -0.05) is 24.3 Å². The number of carbonyl (C=O) groups is 1. The number of fused-ring (bicyclic) bond motifs is 1. The predicted octanol–water partition coefficient (Wildman–Crippen LogP) is 2.67. The summed E-state index contributed by atoms with van der Waals surface area (Å²) < 4.78 is 0. The monoisotopic (exact) mass is 363 g/mol. The summed E-state index contributed by atoms with van der Waals surface area (Å²) >= 11 is 0. The molecule has 27 heavy (non-hydrogen) atoms. The first-order valence-corrected chi connectivity index (χ1v) is 9.63. The molecule has 0 spiro atoms. The second kappa shape index (κ2) is 8.31. The van der Waals surface area contributed by atoms with Gasteiger partial charge in [-0.05, 0) is 50.6 Å². The van der Waals surface area contributed by atoms with Gasteiger partial charge in [-0.25, -0.2) is 0 Å². The molecule has 0 radical (unpaired) electrons. The van der Waals surface area contributed by atoms with Crippen molar-refractivity contribution in [3.8, 4) is 0 Å². The summed E-state index contributed by atoms with van der Waals surface area (Å²) in [5.41, 5.74) is 2.71. The molecule has 1 aliphatic heterocycles. The van der Waals surface area contributed by atoms with Gasteiger partial charge in [-0.15, -0.1) is 0 Å². The Morgan fingerprint density at radius 3 is 2.89 bits per heavy atom. The fraction of sp³-hybridized carbons (Fsp3) is 0.381. The number of H-pyrrole nitrogens is 1. The third-order valence-electron chi connectivity index (χ3n) is 5.23. The molecule has 0 aliphatic carbocycles. The maximum atomic E-state index is 13.3. The summed E-state index contributed by atoms with van der Waals surface area (Å²) in [7, 11) is 0. The van der Waals surface area contributed by atoms with Crippen LogP contribution in [0.2, 0.25) is 0 Å². The van der Waals surface area contributed by atoms with E-state index in [1.807, 2.05) is 47.4 Å². The lowest BCUT2D eigenvalue weighted by Gasteiger charge is -2.31. The molecule has 1 saturated heterocycles. The summed E-state index contributed by atoms with van der Waals surface area (Å²) in [5.74, 6) is 0.127. The van der Waals surface area contributed by atoms with Crippen LogP contribution < -0.4 is 5.32 Å². The van der Waals surface area contributed by atoms with Crippen LogP contribution in [0.3, 0.4) is 0 Å². The van der Waals surface area contributed by atoms with Gasteiger partial charge in [0.2, 0.25) is 5.91 Å². The maximum absolute atomic E-state index is 13.3. The number of pyridine rings is 1. The van der Waals surface area contributed by atoms with E-state index in [9.17, 15) is 4.79 Å². The molecule has 2 N–H and O–H groups in total.